The molecule has 3 aromatic heterocycles. The van der Waals surface area contributed by atoms with Crippen molar-refractivity contribution in [3.63, 3.8) is 0 Å². The van der Waals surface area contributed by atoms with E-state index in [-0.39, 0.29) is 36.5 Å². The first-order valence-electron chi connectivity index (χ1n) is 12.0. The maximum Gasteiger partial charge on any atom is 0.259 e. The minimum atomic E-state index is -0.343. The largest absolute Gasteiger partial charge is 0.472 e. The van der Waals surface area contributed by atoms with Gasteiger partial charge in [0.2, 0.25) is 5.88 Å². The summed E-state index contributed by atoms with van der Waals surface area (Å²) < 4.78 is 6.37. The lowest BCUT2D eigenvalue weighted by Crippen LogP contribution is -2.49. The van der Waals surface area contributed by atoms with E-state index in [0.717, 1.165) is 17.7 Å². The standard InChI is InChI=1S/C28H31N5O3/c1-20-16-33(21(2)19-34)28(35)25-12-23(9-8-22-6-4-10-29-13-22)15-31-27(25)36-26(20)18-32(3)17-24-7-5-11-30-14-24/h4-7,10-15,20-21,26,34H,16-19H2,1-3H3/t20-,21+,26+/m1/s1. The number of ether oxygens (including phenoxy) is 1. The maximum absolute atomic E-state index is 13.6. The summed E-state index contributed by atoms with van der Waals surface area (Å²) in [5, 5.41) is 9.86. The number of aliphatic hydroxyl groups is 1. The number of nitrogens with zero attached hydrogens (tertiary/aromatic N) is 5. The minimum Gasteiger partial charge on any atom is -0.472 e. The Bertz CT molecular complexity index is 1230. The zero-order valence-electron chi connectivity index (χ0n) is 20.8. The quantitative estimate of drug-likeness (QED) is 0.537. The van der Waals surface area contributed by atoms with Crippen LogP contribution >= 0.6 is 0 Å². The Kier molecular flexibility index (Phi) is 8.26. The molecule has 0 spiro atoms. The first-order chi connectivity index (χ1) is 17.4. The average molecular weight is 486 g/mol. The number of carbonyl (C=O) groups is 1. The highest BCUT2D eigenvalue weighted by molar-refractivity contribution is 5.97. The van der Waals surface area contributed by atoms with E-state index in [2.05, 4.69) is 38.6 Å². The number of amides is 1. The molecule has 0 radical (unpaired) electrons. The average Bonchev–Trinajstić information content (AvgIpc) is 2.90. The summed E-state index contributed by atoms with van der Waals surface area (Å²) in [5.41, 5.74) is 2.83. The van der Waals surface area contributed by atoms with Gasteiger partial charge in [0.1, 0.15) is 11.7 Å². The van der Waals surface area contributed by atoms with Gasteiger partial charge in [-0.05, 0) is 43.8 Å². The summed E-state index contributed by atoms with van der Waals surface area (Å²) in [6.45, 7) is 5.58. The Hall–Kier alpha value is -3.80. The van der Waals surface area contributed by atoms with Crippen LogP contribution in [0.2, 0.25) is 0 Å². The first kappa shape index (κ1) is 25.3. The van der Waals surface area contributed by atoms with E-state index in [1.807, 2.05) is 44.4 Å². The van der Waals surface area contributed by atoms with Crippen molar-refractivity contribution in [3.05, 3.63) is 83.6 Å². The molecule has 1 aliphatic rings. The van der Waals surface area contributed by atoms with Gasteiger partial charge in [0, 0.05) is 67.7 Å². The lowest BCUT2D eigenvalue weighted by atomic mass is 9.99. The molecular weight excluding hydrogens is 454 g/mol. The monoisotopic (exact) mass is 485 g/mol. The molecule has 8 nitrogen and oxygen atoms in total. The van der Waals surface area contributed by atoms with Crippen molar-refractivity contribution in [3.8, 4) is 17.7 Å². The molecule has 4 rings (SSSR count). The van der Waals surface area contributed by atoms with Gasteiger partial charge in [-0.15, -0.1) is 0 Å². The van der Waals surface area contributed by atoms with Crippen LogP contribution in [0.3, 0.4) is 0 Å². The predicted molar refractivity (Wildman–Crippen MR) is 136 cm³/mol. The molecule has 0 bridgehead atoms. The molecule has 0 unspecified atom stereocenters. The lowest BCUT2D eigenvalue weighted by Gasteiger charge is -2.37. The van der Waals surface area contributed by atoms with Crippen molar-refractivity contribution in [2.24, 2.45) is 5.92 Å². The fourth-order valence-corrected chi connectivity index (χ4v) is 4.14. The van der Waals surface area contributed by atoms with Gasteiger partial charge in [0.25, 0.3) is 5.91 Å². The van der Waals surface area contributed by atoms with E-state index in [4.69, 9.17) is 4.74 Å². The second-order valence-electron chi connectivity index (χ2n) is 9.25. The van der Waals surface area contributed by atoms with Crippen molar-refractivity contribution in [1.29, 1.82) is 0 Å². The predicted octanol–water partition coefficient (Wildman–Crippen LogP) is 2.62. The van der Waals surface area contributed by atoms with Gasteiger partial charge in [-0.3, -0.25) is 19.7 Å². The zero-order valence-corrected chi connectivity index (χ0v) is 20.8. The van der Waals surface area contributed by atoms with Crippen LogP contribution in [0, 0.1) is 17.8 Å². The molecule has 4 heterocycles. The summed E-state index contributed by atoms with van der Waals surface area (Å²) in [6, 6.07) is 9.03. The maximum atomic E-state index is 13.6. The van der Waals surface area contributed by atoms with Gasteiger partial charge < -0.3 is 14.7 Å². The van der Waals surface area contributed by atoms with E-state index in [1.54, 1.807) is 35.8 Å². The third-order valence-corrected chi connectivity index (χ3v) is 6.20. The molecule has 0 saturated heterocycles. The number of carbonyl (C=O) groups excluding carboxylic acids is 1. The topological polar surface area (TPSA) is 91.7 Å². The third-order valence-electron chi connectivity index (χ3n) is 6.20. The zero-order chi connectivity index (χ0) is 25.5. The van der Waals surface area contributed by atoms with Crippen molar-refractivity contribution < 1.29 is 14.6 Å². The molecule has 3 atom stereocenters. The molecule has 1 N–H and O–H groups in total. The van der Waals surface area contributed by atoms with Crippen LogP contribution in [0.4, 0.5) is 0 Å². The van der Waals surface area contributed by atoms with Crippen LogP contribution in [-0.2, 0) is 6.54 Å². The normalized spacial score (nSPS) is 18.4. The van der Waals surface area contributed by atoms with Gasteiger partial charge in [-0.25, -0.2) is 4.98 Å². The van der Waals surface area contributed by atoms with Crippen molar-refractivity contribution >= 4 is 5.91 Å². The molecule has 3 aromatic rings. The van der Waals surface area contributed by atoms with E-state index in [9.17, 15) is 9.90 Å². The summed E-state index contributed by atoms with van der Waals surface area (Å²) in [5.74, 6) is 6.19. The summed E-state index contributed by atoms with van der Waals surface area (Å²) in [7, 11) is 2.03. The molecular formula is C28H31N5O3. The Balaban J connectivity index is 1.63. The van der Waals surface area contributed by atoms with E-state index < -0.39 is 0 Å². The lowest BCUT2D eigenvalue weighted by molar-refractivity contribution is 0.0325. The summed E-state index contributed by atoms with van der Waals surface area (Å²) in [6.07, 6.45) is 8.39. The third kappa shape index (κ3) is 6.25. The second-order valence-corrected chi connectivity index (χ2v) is 9.25. The van der Waals surface area contributed by atoms with Crippen LogP contribution in [0.15, 0.2) is 61.3 Å². The fraction of sp³-hybridized carbons (Fsp3) is 0.357. The molecule has 0 fully saturated rings. The van der Waals surface area contributed by atoms with Crippen LogP contribution < -0.4 is 4.74 Å². The number of fused-ring (bicyclic) bond motifs is 1. The summed E-state index contributed by atoms with van der Waals surface area (Å²) in [4.78, 5) is 30.2. The highest BCUT2D eigenvalue weighted by atomic mass is 16.5. The van der Waals surface area contributed by atoms with Crippen LogP contribution in [0.1, 0.15) is 40.9 Å². The summed E-state index contributed by atoms with van der Waals surface area (Å²) >= 11 is 0. The number of rotatable bonds is 6. The van der Waals surface area contributed by atoms with Gasteiger partial charge in [-0.1, -0.05) is 24.8 Å². The number of hydrogen-bond acceptors (Lipinski definition) is 7. The first-order valence-corrected chi connectivity index (χ1v) is 12.0. The van der Waals surface area contributed by atoms with Gasteiger partial charge in [0.05, 0.1) is 12.6 Å². The van der Waals surface area contributed by atoms with Crippen LogP contribution in [0.25, 0.3) is 0 Å². The molecule has 36 heavy (non-hydrogen) atoms. The SMILES string of the molecule is C[C@@H]1CN([C@@H](C)CO)C(=O)c2cc(C#Cc3cccnc3)cnc2O[C@H]1CN(C)Cc1cccnc1. The molecule has 0 saturated carbocycles. The Morgan fingerprint density at radius 1 is 1.17 bits per heavy atom. The molecule has 0 aromatic carbocycles. The molecule has 1 aliphatic heterocycles. The van der Waals surface area contributed by atoms with Gasteiger partial charge >= 0.3 is 0 Å². The van der Waals surface area contributed by atoms with Gasteiger partial charge in [0.15, 0.2) is 0 Å². The highest BCUT2D eigenvalue weighted by Gasteiger charge is 2.34. The Morgan fingerprint density at radius 3 is 2.61 bits per heavy atom. The number of aliphatic hydroxyl groups excluding tert-OH is 1. The molecule has 186 valence electrons. The van der Waals surface area contributed by atoms with Crippen molar-refractivity contribution in [1.82, 2.24) is 24.8 Å². The Morgan fingerprint density at radius 2 is 1.92 bits per heavy atom. The van der Waals surface area contributed by atoms with Crippen molar-refractivity contribution in [2.45, 2.75) is 32.5 Å². The molecule has 0 aliphatic carbocycles. The van der Waals surface area contributed by atoms with E-state index >= 15 is 0 Å². The molecule has 8 heteroatoms. The van der Waals surface area contributed by atoms with Gasteiger partial charge in [-0.2, -0.15) is 0 Å². The number of likely N-dealkylation sites (N-methyl/N-ethyl adjacent to an activating group) is 1. The highest BCUT2D eigenvalue weighted by Crippen LogP contribution is 2.27. The minimum absolute atomic E-state index is 0.0132. The number of hydrogen-bond donors (Lipinski definition) is 1. The van der Waals surface area contributed by atoms with Crippen LogP contribution in [0.5, 0.6) is 5.88 Å². The van der Waals surface area contributed by atoms with E-state index in [1.165, 1.54) is 0 Å². The van der Waals surface area contributed by atoms with Crippen molar-refractivity contribution in [2.75, 3.05) is 26.7 Å². The number of aromatic nitrogens is 3. The molecule has 1 amide bonds. The van der Waals surface area contributed by atoms with E-state index in [0.29, 0.717) is 24.2 Å². The fourth-order valence-electron chi connectivity index (χ4n) is 4.14. The number of pyridine rings is 3. The smallest absolute Gasteiger partial charge is 0.259 e. The van der Waals surface area contributed by atoms with Crippen LogP contribution in [-0.4, -0.2) is 74.7 Å². The Labute approximate surface area is 212 Å². The second kappa shape index (κ2) is 11.8.